The van der Waals surface area contributed by atoms with E-state index in [4.69, 9.17) is 5.11 Å². The second-order valence-electron chi connectivity index (χ2n) is 7.29. The summed E-state index contributed by atoms with van der Waals surface area (Å²) < 4.78 is 23.2. The minimum absolute atomic E-state index is 0.0263. The SMILES string of the molecule is CC1(C)C(C(=O)N(CC(=O)O)C2CCS(=O)(=O)C2)C1(C)C. The number of carboxylic acids is 1. The molecule has 1 heterocycles. The van der Waals surface area contributed by atoms with Crippen LogP contribution >= 0.6 is 0 Å². The van der Waals surface area contributed by atoms with Crippen LogP contribution in [0.3, 0.4) is 0 Å². The molecule has 6 nitrogen and oxygen atoms in total. The minimum Gasteiger partial charge on any atom is -0.480 e. The van der Waals surface area contributed by atoms with Crippen LogP contribution in [0.25, 0.3) is 0 Å². The molecule has 1 aliphatic carbocycles. The Kier molecular flexibility index (Phi) is 3.64. The molecule has 1 unspecified atom stereocenters. The number of carbonyl (C=O) groups is 2. The lowest BCUT2D eigenvalue weighted by molar-refractivity contribution is -0.147. The largest absolute Gasteiger partial charge is 0.480 e. The van der Waals surface area contributed by atoms with Crippen LogP contribution in [0.2, 0.25) is 0 Å². The molecule has 1 saturated carbocycles. The van der Waals surface area contributed by atoms with E-state index in [9.17, 15) is 18.0 Å². The van der Waals surface area contributed by atoms with Gasteiger partial charge in [0.25, 0.3) is 0 Å². The number of sulfone groups is 1. The van der Waals surface area contributed by atoms with Crippen molar-refractivity contribution in [1.82, 2.24) is 4.90 Å². The fourth-order valence-electron chi connectivity index (χ4n) is 3.53. The Morgan fingerprint density at radius 2 is 1.71 bits per heavy atom. The lowest BCUT2D eigenvalue weighted by Gasteiger charge is -2.27. The van der Waals surface area contributed by atoms with Gasteiger partial charge in [-0.15, -0.1) is 0 Å². The molecule has 1 N–H and O–H groups in total. The molecule has 0 spiro atoms. The molecule has 1 atom stereocenters. The summed E-state index contributed by atoms with van der Waals surface area (Å²) in [6, 6.07) is -0.509. The minimum atomic E-state index is -3.16. The first kappa shape index (κ1) is 16.3. The summed E-state index contributed by atoms with van der Waals surface area (Å²) >= 11 is 0. The standard InChI is InChI=1S/C14H23NO5S/c1-13(2)11(14(13,3)4)12(18)15(7-10(16)17)9-5-6-21(19,20)8-9/h9,11H,5-8H2,1-4H3,(H,16,17). The molecule has 1 amide bonds. The summed E-state index contributed by atoms with van der Waals surface area (Å²) in [4.78, 5) is 25.1. The topological polar surface area (TPSA) is 91.8 Å². The van der Waals surface area contributed by atoms with E-state index in [0.29, 0.717) is 6.42 Å². The maximum Gasteiger partial charge on any atom is 0.323 e. The first-order chi connectivity index (χ1) is 9.40. The number of nitrogens with zero attached hydrogens (tertiary/aromatic N) is 1. The monoisotopic (exact) mass is 317 g/mol. The van der Waals surface area contributed by atoms with E-state index in [1.54, 1.807) is 0 Å². The molecular weight excluding hydrogens is 294 g/mol. The third kappa shape index (κ3) is 2.67. The van der Waals surface area contributed by atoms with Gasteiger partial charge in [0, 0.05) is 12.0 Å². The molecule has 0 aromatic carbocycles. The summed E-state index contributed by atoms with van der Waals surface area (Å²) in [6.07, 6.45) is 0.328. The fourth-order valence-corrected chi connectivity index (χ4v) is 5.26. The van der Waals surface area contributed by atoms with Crippen molar-refractivity contribution in [3.05, 3.63) is 0 Å². The maximum absolute atomic E-state index is 12.7. The number of hydrogen-bond donors (Lipinski definition) is 1. The van der Waals surface area contributed by atoms with E-state index >= 15 is 0 Å². The molecule has 0 aromatic heterocycles. The van der Waals surface area contributed by atoms with Gasteiger partial charge in [-0.2, -0.15) is 0 Å². The third-order valence-electron chi connectivity index (χ3n) is 5.51. The van der Waals surface area contributed by atoms with Crippen molar-refractivity contribution in [2.24, 2.45) is 16.7 Å². The Morgan fingerprint density at radius 3 is 2.05 bits per heavy atom. The molecule has 7 heteroatoms. The van der Waals surface area contributed by atoms with Crippen molar-refractivity contribution in [1.29, 1.82) is 0 Å². The highest BCUT2D eigenvalue weighted by molar-refractivity contribution is 7.91. The van der Waals surface area contributed by atoms with Gasteiger partial charge in [0.15, 0.2) is 9.84 Å². The Bertz CT molecular complexity index is 564. The molecule has 120 valence electrons. The Hall–Kier alpha value is -1.11. The number of hydrogen-bond acceptors (Lipinski definition) is 4. The number of carbonyl (C=O) groups excluding carboxylic acids is 1. The second-order valence-corrected chi connectivity index (χ2v) is 9.52. The average molecular weight is 317 g/mol. The van der Waals surface area contributed by atoms with Crippen LogP contribution in [-0.2, 0) is 19.4 Å². The van der Waals surface area contributed by atoms with Gasteiger partial charge in [0.05, 0.1) is 11.5 Å². The summed E-state index contributed by atoms with van der Waals surface area (Å²) in [5.74, 6) is -1.69. The third-order valence-corrected chi connectivity index (χ3v) is 7.26. The van der Waals surface area contributed by atoms with Crippen molar-refractivity contribution in [2.75, 3.05) is 18.1 Å². The highest BCUT2D eigenvalue weighted by Crippen LogP contribution is 2.68. The molecular formula is C14H23NO5S. The van der Waals surface area contributed by atoms with Crippen molar-refractivity contribution >= 4 is 21.7 Å². The van der Waals surface area contributed by atoms with Crippen LogP contribution in [0.1, 0.15) is 34.1 Å². The lowest BCUT2D eigenvalue weighted by atomic mass is 10.0. The van der Waals surface area contributed by atoms with Gasteiger partial charge in [-0.05, 0) is 17.3 Å². The van der Waals surface area contributed by atoms with E-state index in [-0.39, 0.29) is 34.2 Å². The zero-order valence-corrected chi connectivity index (χ0v) is 13.7. The fraction of sp³-hybridized carbons (Fsp3) is 0.857. The zero-order valence-electron chi connectivity index (χ0n) is 12.9. The predicted octanol–water partition coefficient (Wildman–Crippen LogP) is 0.769. The van der Waals surface area contributed by atoms with E-state index in [1.807, 2.05) is 27.7 Å². The predicted molar refractivity (Wildman–Crippen MR) is 77.5 cm³/mol. The molecule has 2 fully saturated rings. The maximum atomic E-state index is 12.7. The smallest absolute Gasteiger partial charge is 0.323 e. The average Bonchev–Trinajstić information content (AvgIpc) is 2.58. The molecule has 2 aliphatic rings. The van der Waals surface area contributed by atoms with Gasteiger partial charge in [-0.3, -0.25) is 9.59 Å². The number of carboxylic acid groups (broad SMARTS) is 1. The summed E-state index contributed by atoms with van der Waals surface area (Å²) in [5, 5.41) is 9.04. The lowest BCUT2D eigenvalue weighted by Crippen LogP contribution is -2.45. The number of aliphatic carboxylic acids is 1. The van der Waals surface area contributed by atoms with Gasteiger partial charge in [0.1, 0.15) is 6.54 Å². The van der Waals surface area contributed by atoms with Crippen molar-refractivity contribution < 1.29 is 23.1 Å². The van der Waals surface area contributed by atoms with Crippen LogP contribution in [0.4, 0.5) is 0 Å². The second kappa shape index (κ2) is 4.69. The molecule has 0 bridgehead atoms. The van der Waals surface area contributed by atoms with Crippen LogP contribution in [0, 0.1) is 16.7 Å². The van der Waals surface area contributed by atoms with Crippen LogP contribution in [0.5, 0.6) is 0 Å². The first-order valence-corrected chi connectivity index (χ1v) is 8.95. The van der Waals surface area contributed by atoms with Gasteiger partial charge in [0.2, 0.25) is 5.91 Å². The van der Waals surface area contributed by atoms with Crippen molar-refractivity contribution in [3.63, 3.8) is 0 Å². The van der Waals surface area contributed by atoms with Crippen LogP contribution < -0.4 is 0 Å². The Morgan fingerprint density at radius 1 is 1.19 bits per heavy atom. The molecule has 21 heavy (non-hydrogen) atoms. The molecule has 0 radical (unpaired) electrons. The van der Waals surface area contributed by atoms with E-state index in [2.05, 4.69) is 0 Å². The molecule has 2 rings (SSSR count). The highest BCUT2D eigenvalue weighted by atomic mass is 32.2. The van der Waals surface area contributed by atoms with Gasteiger partial charge < -0.3 is 10.0 Å². The molecule has 0 aromatic rings. The molecule has 1 saturated heterocycles. The van der Waals surface area contributed by atoms with Gasteiger partial charge in [-0.1, -0.05) is 27.7 Å². The van der Waals surface area contributed by atoms with Crippen molar-refractivity contribution in [3.8, 4) is 0 Å². The van der Waals surface area contributed by atoms with Gasteiger partial charge in [-0.25, -0.2) is 8.42 Å². The van der Waals surface area contributed by atoms with Crippen molar-refractivity contribution in [2.45, 2.75) is 40.2 Å². The first-order valence-electron chi connectivity index (χ1n) is 7.13. The normalized spacial score (nSPS) is 29.0. The summed E-state index contributed by atoms with van der Waals surface area (Å²) in [6.45, 7) is 7.52. The van der Waals surface area contributed by atoms with E-state index in [1.165, 1.54) is 4.90 Å². The van der Waals surface area contributed by atoms with Crippen LogP contribution in [0.15, 0.2) is 0 Å². The highest BCUT2D eigenvalue weighted by Gasteiger charge is 2.69. The Labute approximate surface area is 125 Å². The van der Waals surface area contributed by atoms with Crippen LogP contribution in [-0.4, -0.2) is 54.4 Å². The summed E-state index contributed by atoms with van der Waals surface area (Å²) in [5.41, 5.74) is -0.392. The quantitative estimate of drug-likeness (QED) is 0.827. The van der Waals surface area contributed by atoms with E-state index < -0.39 is 28.4 Å². The number of amides is 1. The number of rotatable bonds is 4. The Balaban J connectivity index is 2.22. The molecule has 1 aliphatic heterocycles. The summed E-state index contributed by atoms with van der Waals surface area (Å²) in [7, 11) is -3.16. The van der Waals surface area contributed by atoms with Gasteiger partial charge >= 0.3 is 5.97 Å². The van der Waals surface area contributed by atoms with E-state index in [0.717, 1.165) is 0 Å². The zero-order chi connectivity index (χ0) is 16.2.